The topological polar surface area (TPSA) is 97.9 Å². The maximum atomic E-state index is 12.6. The Labute approximate surface area is 168 Å². The lowest BCUT2D eigenvalue weighted by Gasteiger charge is -2.15. The monoisotopic (exact) mass is 403 g/mol. The van der Waals surface area contributed by atoms with Gasteiger partial charge in [-0.15, -0.1) is 0 Å². The van der Waals surface area contributed by atoms with E-state index in [0.29, 0.717) is 28.5 Å². The van der Waals surface area contributed by atoms with Crippen LogP contribution in [0.25, 0.3) is 0 Å². The van der Waals surface area contributed by atoms with Gasteiger partial charge in [-0.1, -0.05) is 12.1 Å². The van der Waals surface area contributed by atoms with Crippen molar-refractivity contribution >= 4 is 34.8 Å². The molecule has 0 unspecified atom stereocenters. The normalized spacial score (nSPS) is 9.86. The highest BCUT2D eigenvalue weighted by molar-refractivity contribution is 7.80. The first kappa shape index (κ1) is 21.0. The molecule has 9 heteroatoms. The Bertz CT molecular complexity index is 876. The third-order valence-electron chi connectivity index (χ3n) is 3.80. The molecule has 2 amide bonds. The largest absolute Gasteiger partial charge is 0.493 e. The lowest BCUT2D eigenvalue weighted by Crippen LogP contribution is -2.34. The van der Waals surface area contributed by atoms with Crippen LogP contribution in [0.1, 0.15) is 20.7 Å². The molecule has 0 aliphatic carbocycles. The molecule has 2 aromatic rings. The summed E-state index contributed by atoms with van der Waals surface area (Å²) < 4.78 is 15.7. The van der Waals surface area contributed by atoms with E-state index in [-0.39, 0.29) is 16.6 Å². The number of hydrogen-bond donors (Lipinski definition) is 3. The molecular formula is C19H21N3O5S. The minimum Gasteiger partial charge on any atom is -0.493 e. The maximum Gasteiger partial charge on any atom is 0.257 e. The molecule has 0 aromatic heterocycles. The Morgan fingerprint density at radius 1 is 0.929 bits per heavy atom. The van der Waals surface area contributed by atoms with E-state index in [1.807, 2.05) is 0 Å². The number of carbonyl (C=O) groups is 2. The van der Waals surface area contributed by atoms with Crippen LogP contribution in [-0.2, 0) is 0 Å². The predicted octanol–water partition coefficient (Wildman–Crippen LogP) is 2.20. The third kappa shape index (κ3) is 4.68. The number of benzene rings is 2. The average Bonchev–Trinajstić information content (AvgIpc) is 2.72. The molecule has 0 saturated heterocycles. The van der Waals surface area contributed by atoms with Crippen molar-refractivity contribution in [1.29, 1.82) is 0 Å². The van der Waals surface area contributed by atoms with Crippen molar-refractivity contribution in [2.75, 3.05) is 33.7 Å². The molecule has 2 aromatic carbocycles. The third-order valence-corrected chi connectivity index (χ3v) is 4.01. The number of anilines is 1. The fourth-order valence-electron chi connectivity index (χ4n) is 2.47. The Balaban J connectivity index is 2.20. The summed E-state index contributed by atoms with van der Waals surface area (Å²) >= 11 is 5.20. The van der Waals surface area contributed by atoms with E-state index in [9.17, 15) is 9.59 Å². The lowest BCUT2D eigenvalue weighted by molar-refractivity contribution is 0.0960. The molecule has 0 aliphatic rings. The van der Waals surface area contributed by atoms with Gasteiger partial charge in [0.15, 0.2) is 16.6 Å². The second-order valence-corrected chi connectivity index (χ2v) is 5.86. The van der Waals surface area contributed by atoms with E-state index in [0.717, 1.165) is 0 Å². The van der Waals surface area contributed by atoms with E-state index >= 15 is 0 Å². The molecule has 8 nitrogen and oxygen atoms in total. The van der Waals surface area contributed by atoms with Gasteiger partial charge in [-0.3, -0.25) is 14.9 Å². The summed E-state index contributed by atoms with van der Waals surface area (Å²) in [5, 5.41) is 8.01. The Hall–Kier alpha value is -3.33. The van der Waals surface area contributed by atoms with Crippen molar-refractivity contribution in [3.63, 3.8) is 0 Å². The molecule has 148 valence electrons. The van der Waals surface area contributed by atoms with Crippen molar-refractivity contribution in [2.45, 2.75) is 0 Å². The Kier molecular flexibility index (Phi) is 7.16. The highest BCUT2D eigenvalue weighted by Crippen LogP contribution is 2.38. The molecule has 0 saturated carbocycles. The molecule has 2 rings (SSSR count). The number of nitrogens with one attached hydrogen (secondary N) is 3. The van der Waals surface area contributed by atoms with Gasteiger partial charge in [-0.05, 0) is 36.5 Å². The average molecular weight is 403 g/mol. The zero-order valence-electron chi connectivity index (χ0n) is 15.9. The first-order valence-electron chi connectivity index (χ1n) is 8.18. The highest BCUT2D eigenvalue weighted by atomic mass is 32.1. The second-order valence-electron chi connectivity index (χ2n) is 5.45. The number of para-hydroxylation sites is 1. The molecule has 0 fully saturated rings. The van der Waals surface area contributed by atoms with Gasteiger partial charge in [0.05, 0.1) is 32.6 Å². The Morgan fingerprint density at radius 2 is 1.54 bits per heavy atom. The summed E-state index contributed by atoms with van der Waals surface area (Å²) in [4.78, 5) is 24.5. The number of methoxy groups -OCH3 is 3. The van der Waals surface area contributed by atoms with Crippen LogP contribution in [0.4, 0.5) is 5.69 Å². The summed E-state index contributed by atoms with van der Waals surface area (Å²) in [6, 6.07) is 9.83. The summed E-state index contributed by atoms with van der Waals surface area (Å²) in [5.41, 5.74) is 1.13. The smallest absolute Gasteiger partial charge is 0.257 e. The number of thiocarbonyl (C=S) groups is 1. The van der Waals surface area contributed by atoms with E-state index in [4.69, 9.17) is 26.4 Å². The van der Waals surface area contributed by atoms with Crippen LogP contribution in [0, 0.1) is 0 Å². The number of carbonyl (C=O) groups excluding carboxylic acids is 2. The summed E-state index contributed by atoms with van der Waals surface area (Å²) in [6.45, 7) is 0. The molecular weight excluding hydrogens is 382 g/mol. The lowest BCUT2D eigenvalue weighted by atomic mass is 10.1. The maximum absolute atomic E-state index is 12.6. The molecule has 3 N–H and O–H groups in total. The molecule has 0 radical (unpaired) electrons. The van der Waals surface area contributed by atoms with Gasteiger partial charge < -0.3 is 24.8 Å². The molecule has 0 aliphatic heterocycles. The summed E-state index contributed by atoms with van der Waals surface area (Å²) in [7, 11) is 5.93. The summed E-state index contributed by atoms with van der Waals surface area (Å²) in [5.74, 6) is 0.310. The van der Waals surface area contributed by atoms with Crippen molar-refractivity contribution in [3.05, 3.63) is 47.5 Å². The van der Waals surface area contributed by atoms with Crippen LogP contribution in [0.5, 0.6) is 17.2 Å². The molecule has 0 spiro atoms. The minimum absolute atomic E-state index is 0.0371. The number of rotatable bonds is 6. The standard InChI is InChI=1S/C19H21N3O5S/c1-20-18(24)12-7-5-6-8-13(12)21-19(28)22-17(23)11-9-14(25-2)16(27-4)15(10-11)26-3/h5-10H,1-4H3,(H,20,24)(H2,21,22,23,28). The SMILES string of the molecule is CNC(=O)c1ccccc1NC(=S)NC(=O)c1cc(OC)c(OC)c(OC)c1. The van der Waals surface area contributed by atoms with Crippen LogP contribution in [0.2, 0.25) is 0 Å². The van der Waals surface area contributed by atoms with Crippen molar-refractivity contribution in [2.24, 2.45) is 0 Å². The second kappa shape index (κ2) is 9.56. The first-order chi connectivity index (χ1) is 13.4. The van der Waals surface area contributed by atoms with Crippen LogP contribution >= 0.6 is 12.2 Å². The van der Waals surface area contributed by atoms with Gasteiger partial charge in [0.1, 0.15) is 0 Å². The fourth-order valence-corrected chi connectivity index (χ4v) is 2.67. The van der Waals surface area contributed by atoms with E-state index in [1.165, 1.54) is 40.5 Å². The van der Waals surface area contributed by atoms with E-state index in [1.54, 1.807) is 24.3 Å². The number of hydrogen-bond acceptors (Lipinski definition) is 6. The first-order valence-corrected chi connectivity index (χ1v) is 8.59. The molecule has 0 heterocycles. The van der Waals surface area contributed by atoms with Gasteiger partial charge in [0, 0.05) is 12.6 Å². The number of ether oxygens (including phenoxy) is 3. The highest BCUT2D eigenvalue weighted by Gasteiger charge is 2.18. The molecule has 28 heavy (non-hydrogen) atoms. The van der Waals surface area contributed by atoms with Crippen LogP contribution in [0.3, 0.4) is 0 Å². The van der Waals surface area contributed by atoms with Crippen molar-refractivity contribution < 1.29 is 23.8 Å². The van der Waals surface area contributed by atoms with Gasteiger partial charge in [-0.25, -0.2) is 0 Å². The van der Waals surface area contributed by atoms with Crippen LogP contribution < -0.4 is 30.2 Å². The predicted molar refractivity (Wildman–Crippen MR) is 110 cm³/mol. The van der Waals surface area contributed by atoms with Crippen LogP contribution in [0.15, 0.2) is 36.4 Å². The van der Waals surface area contributed by atoms with E-state index in [2.05, 4.69) is 16.0 Å². The van der Waals surface area contributed by atoms with Gasteiger partial charge in [0.25, 0.3) is 11.8 Å². The fraction of sp³-hybridized carbons (Fsp3) is 0.211. The van der Waals surface area contributed by atoms with Gasteiger partial charge >= 0.3 is 0 Å². The van der Waals surface area contributed by atoms with Gasteiger partial charge in [-0.2, -0.15) is 0 Å². The number of amides is 2. The van der Waals surface area contributed by atoms with Crippen LogP contribution in [-0.4, -0.2) is 45.3 Å². The van der Waals surface area contributed by atoms with Crippen molar-refractivity contribution in [1.82, 2.24) is 10.6 Å². The van der Waals surface area contributed by atoms with Gasteiger partial charge in [0.2, 0.25) is 5.75 Å². The molecule has 0 atom stereocenters. The zero-order chi connectivity index (χ0) is 20.7. The quantitative estimate of drug-likeness (QED) is 0.636. The Morgan fingerprint density at radius 3 is 2.07 bits per heavy atom. The summed E-state index contributed by atoms with van der Waals surface area (Å²) in [6.07, 6.45) is 0. The van der Waals surface area contributed by atoms with Crippen molar-refractivity contribution in [3.8, 4) is 17.2 Å². The van der Waals surface area contributed by atoms with E-state index < -0.39 is 5.91 Å². The molecule has 0 bridgehead atoms. The zero-order valence-corrected chi connectivity index (χ0v) is 16.7. The minimum atomic E-state index is -0.478.